The van der Waals surface area contributed by atoms with Crippen molar-refractivity contribution >= 4 is 46.9 Å². The fourth-order valence-corrected chi connectivity index (χ4v) is 5.56. The zero-order valence-electron chi connectivity index (χ0n) is 22.2. The van der Waals surface area contributed by atoms with Crippen molar-refractivity contribution < 1.29 is 33.4 Å². The van der Waals surface area contributed by atoms with Crippen molar-refractivity contribution in [1.82, 2.24) is 15.5 Å². The lowest BCUT2D eigenvalue weighted by Crippen LogP contribution is -2.54. The number of hydrogen-bond donors (Lipinski definition) is 3. The second-order valence-electron chi connectivity index (χ2n) is 10.4. The van der Waals surface area contributed by atoms with E-state index in [0.717, 1.165) is 12.8 Å². The maximum absolute atomic E-state index is 13.2. The lowest BCUT2D eigenvalue weighted by molar-refractivity contribution is -0.168. The second-order valence-corrected chi connectivity index (χ2v) is 10.8. The summed E-state index contributed by atoms with van der Waals surface area (Å²) in [6.45, 7) is 3.75. The molecular formula is C27H35ClN4O7. The molecule has 39 heavy (non-hydrogen) atoms. The summed E-state index contributed by atoms with van der Waals surface area (Å²) in [4.78, 5) is 63.8. The van der Waals surface area contributed by atoms with Gasteiger partial charge < -0.3 is 30.3 Å². The molecule has 0 radical (unpaired) electrons. The van der Waals surface area contributed by atoms with Crippen molar-refractivity contribution in [2.24, 2.45) is 5.92 Å². The van der Waals surface area contributed by atoms with E-state index in [0.29, 0.717) is 37.6 Å². The number of benzene rings is 1. The number of nitrogens with zero attached hydrogens (tertiary/aromatic N) is 1. The Morgan fingerprint density at radius 1 is 1.15 bits per heavy atom. The number of halogens is 1. The van der Waals surface area contributed by atoms with Gasteiger partial charge in [0.2, 0.25) is 24.0 Å². The minimum atomic E-state index is -0.904. The number of cyclic esters (lactones) is 1. The highest BCUT2D eigenvalue weighted by Gasteiger charge is 2.41. The summed E-state index contributed by atoms with van der Waals surface area (Å²) in [6, 6.07) is 2.15. The molecule has 3 aliphatic rings. The van der Waals surface area contributed by atoms with Gasteiger partial charge in [-0.3, -0.25) is 24.0 Å². The molecule has 4 rings (SSSR count). The number of ether oxygens (including phenoxy) is 2. The van der Waals surface area contributed by atoms with Gasteiger partial charge in [-0.15, -0.1) is 0 Å². The van der Waals surface area contributed by atoms with Crippen molar-refractivity contribution in [3.05, 3.63) is 28.8 Å². The topological polar surface area (TPSA) is 143 Å². The predicted molar refractivity (Wildman–Crippen MR) is 142 cm³/mol. The summed E-state index contributed by atoms with van der Waals surface area (Å²) in [5.74, 6) is -1.58. The van der Waals surface area contributed by atoms with Crippen molar-refractivity contribution in [3.63, 3.8) is 0 Å². The molecule has 212 valence electrons. The number of amides is 4. The van der Waals surface area contributed by atoms with Gasteiger partial charge in [-0.2, -0.15) is 0 Å². The van der Waals surface area contributed by atoms with Gasteiger partial charge in [-0.1, -0.05) is 24.4 Å². The van der Waals surface area contributed by atoms with Crippen LogP contribution in [0, 0.1) is 5.92 Å². The fraction of sp³-hybridized carbons (Fsp3) is 0.593. The number of anilines is 1. The summed E-state index contributed by atoms with van der Waals surface area (Å²) in [6.07, 6.45) is 4.78. The lowest BCUT2D eigenvalue weighted by Gasteiger charge is -2.28. The Bertz CT molecular complexity index is 1120. The third-order valence-electron chi connectivity index (χ3n) is 7.36. The van der Waals surface area contributed by atoms with Crippen molar-refractivity contribution in [3.8, 4) is 0 Å². The van der Waals surface area contributed by atoms with E-state index in [2.05, 4.69) is 16.0 Å². The van der Waals surface area contributed by atoms with Gasteiger partial charge in [0, 0.05) is 19.0 Å². The molecule has 3 fully saturated rings. The van der Waals surface area contributed by atoms with Crippen LogP contribution < -0.4 is 16.0 Å². The van der Waals surface area contributed by atoms with Crippen LogP contribution in [-0.4, -0.2) is 72.1 Å². The van der Waals surface area contributed by atoms with Crippen LogP contribution in [-0.2, 0) is 28.7 Å². The highest BCUT2D eigenvalue weighted by Crippen LogP contribution is 2.27. The van der Waals surface area contributed by atoms with Gasteiger partial charge >= 0.3 is 5.97 Å². The molecular weight excluding hydrogens is 528 g/mol. The van der Waals surface area contributed by atoms with Crippen molar-refractivity contribution in [1.29, 1.82) is 0 Å². The van der Waals surface area contributed by atoms with E-state index in [1.165, 1.54) is 42.9 Å². The molecule has 11 nitrogen and oxygen atoms in total. The van der Waals surface area contributed by atoms with Crippen molar-refractivity contribution in [2.75, 3.05) is 18.5 Å². The van der Waals surface area contributed by atoms with Crippen LogP contribution in [0.2, 0.25) is 5.02 Å². The van der Waals surface area contributed by atoms with E-state index in [-0.39, 0.29) is 28.8 Å². The summed E-state index contributed by atoms with van der Waals surface area (Å²) in [7, 11) is 0. The number of esters is 1. The van der Waals surface area contributed by atoms with Crippen LogP contribution in [0.4, 0.5) is 5.69 Å². The van der Waals surface area contributed by atoms with E-state index in [9.17, 15) is 24.0 Å². The molecule has 1 unspecified atom stereocenters. The molecule has 1 aromatic rings. The van der Waals surface area contributed by atoms with Gasteiger partial charge in [-0.25, -0.2) is 0 Å². The van der Waals surface area contributed by atoms with E-state index in [1.54, 1.807) is 6.92 Å². The molecule has 1 saturated carbocycles. The number of nitrogens with one attached hydrogen (secondary N) is 3. The third-order valence-corrected chi connectivity index (χ3v) is 7.67. The molecule has 2 heterocycles. The number of rotatable bonds is 9. The lowest BCUT2D eigenvalue weighted by atomic mass is 10.1. The monoisotopic (exact) mass is 562 g/mol. The molecule has 3 N–H and O–H groups in total. The molecule has 4 amide bonds. The first-order valence-electron chi connectivity index (χ1n) is 13.4. The number of carbonyl (C=O) groups excluding carboxylic acids is 5. The Labute approximate surface area is 232 Å². The molecule has 1 aromatic carbocycles. The summed E-state index contributed by atoms with van der Waals surface area (Å²) < 4.78 is 11.1. The molecule has 12 heteroatoms. The van der Waals surface area contributed by atoms with Crippen LogP contribution in [0.25, 0.3) is 0 Å². The molecule has 0 aromatic heterocycles. The van der Waals surface area contributed by atoms with Crippen LogP contribution in [0.5, 0.6) is 0 Å². The van der Waals surface area contributed by atoms with E-state index in [1.807, 2.05) is 0 Å². The van der Waals surface area contributed by atoms with Crippen LogP contribution >= 0.6 is 11.6 Å². The number of likely N-dealkylation sites (tertiary alicyclic amines) is 1. The van der Waals surface area contributed by atoms with Crippen LogP contribution in [0.1, 0.15) is 69.2 Å². The Morgan fingerprint density at radius 3 is 2.59 bits per heavy atom. The van der Waals surface area contributed by atoms with Gasteiger partial charge in [-0.05, 0) is 56.7 Å². The first-order chi connectivity index (χ1) is 18.6. The average Bonchev–Trinajstić information content (AvgIpc) is 3.64. The summed E-state index contributed by atoms with van der Waals surface area (Å²) in [5, 5.41) is 8.27. The minimum Gasteiger partial charge on any atom is -0.433 e. The normalized spacial score (nSPS) is 23.8. The average molecular weight is 563 g/mol. The third kappa shape index (κ3) is 7.27. The Balaban J connectivity index is 1.32. The van der Waals surface area contributed by atoms with Crippen LogP contribution in [0.15, 0.2) is 18.2 Å². The molecule has 2 saturated heterocycles. The van der Waals surface area contributed by atoms with E-state index < -0.39 is 42.2 Å². The van der Waals surface area contributed by atoms with Gasteiger partial charge in [0.05, 0.1) is 23.7 Å². The Kier molecular flexibility index (Phi) is 9.45. The van der Waals surface area contributed by atoms with E-state index in [4.69, 9.17) is 21.1 Å². The van der Waals surface area contributed by atoms with Crippen molar-refractivity contribution in [2.45, 2.75) is 83.2 Å². The summed E-state index contributed by atoms with van der Waals surface area (Å²) >= 11 is 6.16. The standard InChI is InChI=1S/C27H35ClN4O7/c1-15(29-24(35)18-9-10-20(19(28)12-18)30-16(2)33)26(37)32-11-5-8-22(32)25(36)31-21-13-23(34)39-27(21)38-14-17-6-3-4-7-17/h9-10,12,15,17,21-22,27H,3-8,11,13-14H2,1-2H3,(H,29,35)(H,30,33)(H,31,36)/t15-,21-,22-,27?/m0/s1. The first-order valence-corrected chi connectivity index (χ1v) is 13.8. The molecule has 0 spiro atoms. The molecule has 2 aliphatic heterocycles. The fourth-order valence-electron chi connectivity index (χ4n) is 5.33. The maximum Gasteiger partial charge on any atom is 0.310 e. The van der Waals surface area contributed by atoms with Crippen LogP contribution in [0.3, 0.4) is 0 Å². The number of carbonyl (C=O) groups is 5. The highest BCUT2D eigenvalue weighted by atomic mass is 35.5. The highest BCUT2D eigenvalue weighted by molar-refractivity contribution is 6.34. The Morgan fingerprint density at radius 2 is 1.90 bits per heavy atom. The SMILES string of the molecule is CC(=O)Nc1ccc(C(=O)N[C@@H](C)C(=O)N2CCC[C@H]2C(=O)N[C@H]2CC(=O)OC2OCC2CCCC2)cc1Cl. The van der Waals surface area contributed by atoms with E-state index >= 15 is 0 Å². The maximum atomic E-state index is 13.2. The zero-order chi connectivity index (χ0) is 28.1. The van der Waals surface area contributed by atoms with Gasteiger partial charge in [0.15, 0.2) is 0 Å². The zero-order valence-corrected chi connectivity index (χ0v) is 22.9. The van der Waals surface area contributed by atoms with Gasteiger partial charge in [0.1, 0.15) is 18.1 Å². The smallest absolute Gasteiger partial charge is 0.310 e. The molecule has 1 aliphatic carbocycles. The second kappa shape index (κ2) is 12.8. The summed E-state index contributed by atoms with van der Waals surface area (Å²) in [5.41, 5.74) is 0.593. The quantitative estimate of drug-likeness (QED) is 0.392. The predicted octanol–water partition coefficient (Wildman–Crippen LogP) is 2.37. The minimum absolute atomic E-state index is 0.0114. The van der Waals surface area contributed by atoms with Gasteiger partial charge in [0.25, 0.3) is 5.91 Å². The Hall–Kier alpha value is -3.18. The first kappa shape index (κ1) is 28.8. The molecule has 0 bridgehead atoms. The largest absolute Gasteiger partial charge is 0.433 e. The number of hydrogen-bond acceptors (Lipinski definition) is 7. The molecule has 4 atom stereocenters.